The van der Waals surface area contributed by atoms with E-state index in [1.807, 2.05) is 38.1 Å². The van der Waals surface area contributed by atoms with Crippen LogP contribution in [-0.4, -0.2) is 27.1 Å². The quantitative estimate of drug-likeness (QED) is 0.642. The van der Waals surface area contributed by atoms with Crippen molar-refractivity contribution in [3.05, 3.63) is 63.6 Å². The van der Waals surface area contributed by atoms with Gasteiger partial charge in [0.05, 0.1) is 28.0 Å². The molecule has 28 heavy (non-hydrogen) atoms. The van der Waals surface area contributed by atoms with Gasteiger partial charge < -0.3 is 5.32 Å². The third-order valence-corrected chi connectivity index (χ3v) is 6.24. The van der Waals surface area contributed by atoms with E-state index < -0.39 is 10.0 Å². The Morgan fingerprint density at radius 2 is 1.75 bits per heavy atom. The standard InChI is InChI=1S/C20H24Cl2N2O3S/c1-14-6-8-16(9-7-14)15(2)23-20(25)5-4-12-24(28(3,26)27)17-10-11-18(21)19(22)13-17/h6-11,13,15H,4-5,12H2,1-3H3,(H,23,25)/t15-/m1/s1. The monoisotopic (exact) mass is 442 g/mol. The normalized spacial score (nSPS) is 12.5. The van der Waals surface area contributed by atoms with Crippen LogP contribution >= 0.6 is 23.2 Å². The number of halogens is 2. The molecule has 5 nitrogen and oxygen atoms in total. The van der Waals surface area contributed by atoms with Gasteiger partial charge in [-0.15, -0.1) is 0 Å². The Kier molecular flexibility index (Phi) is 7.75. The van der Waals surface area contributed by atoms with Gasteiger partial charge in [0.25, 0.3) is 0 Å². The Balaban J connectivity index is 1.95. The molecular weight excluding hydrogens is 419 g/mol. The Hall–Kier alpha value is -1.76. The molecule has 0 heterocycles. The largest absolute Gasteiger partial charge is 0.350 e. The molecule has 0 saturated heterocycles. The number of hydrogen-bond donors (Lipinski definition) is 1. The van der Waals surface area contributed by atoms with E-state index in [0.717, 1.165) is 17.4 Å². The number of sulfonamides is 1. The first-order chi connectivity index (χ1) is 13.1. The second-order valence-corrected chi connectivity index (χ2v) is 9.46. The van der Waals surface area contributed by atoms with Crippen LogP contribution in [0.4, 0.5) is 5.69 Å². The van der Waals surface area contributed by atoms with Crippen LogP contribution in [0.5, 0.6) is 0 Å². The predicted octanol–water partition coefficient (Wildman–Crippen LogP) is 4.73. The molecule has 0 saturated carbocycles. The number of aryl methyl sites for hydroxylation is 1. The van der Waals surface area contributed by atoms with Gasteiger partial charge >= 0.3 is 0 Å². The summed E-state index contributed by atoms with van der Waals surface area (Å²) in [6.07, 6.45) is 1.71. The lowest BCUT2D eigenvalue weighted by Gasteiger charge is -2.23. The summed E-state index contributed by atoms with van der Waals surface area (Å²) in [7, 11) is -3.52. The fraction of sp³-hybridized carbons (Fsp3) is 0.350. The van der Waals surface area contributed by atoms with E-state index >= 15 is 0 Å². The van der Waals surface area contributed by atoms with Crippen molar-refractivity contribution in [3.8, 4) is 0 Å². The van der Waals surface area contributed by atoms with Gasteiger partial charge in [-0.3, -0.25) is 9.10 Å². The van der Waals surface area contributed by atoms with Crippen LogP contribution in [0.15, 0.2) is 42.5 Å². The molecule has 0 aliphatic rings. The van der Waals surface area contributed by atoms with Crippen molar-refractivity contribution >= 4 is 44.8 Å². The van der Waals surface area contributed by atoms with Crippen LogP contribution in [0.3, 0.4) is 0 Å². The minimum atomic E-state index is -3.52. The summed E-state index contributed by atoms with van der Waals surface area (Å²) in [5, 5.41) is 3.56. The van der Waals surface area contributed by atoms with E-state index in [1.54, 1.807) is 12.1 Å². The SMILES string of the molecule is Cc1ccc([C@@H](C)NC(=O)CCCN(c2ccc(Cl)c(Cl)c2)S(C)(=O)=O)cc1. The maximum atomic E-state index is 12.2. The summed E-state index contributed by atoms with van der Waals surface area (Å²) < 4.78 is 25.5. The van der Waals surface area contributed by atoms with E-state index in [-0.39, 0.29) is 29.9 Å². The summed E-state index contributed by atoms with van der Waals surface area (Å²) in [4.78, 5) is 12.2. The minimum Gasteiger partial charge on any atom is -0.350 e. The molecule has 8 heteroatoms. The average Bonchev–Trinajstić information content (AvgIpc) is 2.60. The van der Waals surface area contributed by atoms with E-state index in [9.17, 15) is 13.2 Å². The van der Waals surface area contributed by atoms with Gasteiger partial charge in [-0.05, 0) is 44.0 Å². The van der Waals surface area contributed by atoms with Crippen molar-refractivity contribution < 1.29 is 13.2 Å². The number of anilines is 1. The average molecular weight is 443 g/mol. The molecule has 1 atom stereocenters. The first kappa shape index (κ1) is 22.5. The Labute approximate surface area is 176 Å². The van der Waals surface area contributed by atoms with Gasteiger partial charge in [-0.25, -0.2) is 8.42 Å². The van der Waals surface area contributed by atoms with E-state index in [0.29, 0.717) is 17.1 Å². The summed E-state index contributed by atoms with van der Waals surface area (Å²) in [6, 6.07) is 12.5. The van der Waals surface area contributed by atoms with E-state index in [4.69, 9.17) is 23.2 Å². The van der Waals surface area contributed by atoms with Crippen LogP contribution in [0.1, 0.15) is 36.9 Å². The maximum absolute atomic E-state index is 12.2. The Morgan fingerprint density at radius 1 is 1.11 bits per heavy atom. The molecule has 0 unspecified atom stereocenters. The lowest BCUT2D eigenvalue weighted by Crippen LogP contribution is -2.32. The topological polar surface area (TPSA) is 66.5 Å². The minimum absolute atomic E-state index is 0.116. The van der Waals surface area contributed by atoms with Crippen LogP contribution in [0.2, 0.25) is 10.0 Å². The molecule has 2 rings (SSSR count). The Morgan fingerprint density at radius 3 is 2.32 bits per heavy atom. The summed E-state index contributed by atoms with van der Waals surface area (Å²) in [5.74, 6) is -0.129. The lowest BCUT2D eigenvalue weighted by molar-refractivity contribution is -0.121. The molecule has 152 valence electrons. The molecule has 0 aliphatic heterocycles. The molecule has 2 aromatic carbocycles. The summed E-state index contributed by atoms with van der Waals surface area (Å²) in [5.41, 5.74) is 2.60. The van der Waals surface area contributed by atoms with E-state index in [1.165, 1.54) is 10.4 Å². The van der Waals surface area contributed by atoms with Gasteiger partial charge in [-0.1, -0.05) is 53.0 Å². The first-order valence-electron chi connectivity index (χ1n) is 8.86. The zero-order valence-electron chi connectivity index (χ0n) is 16.1. The third kappa shape index (κ3) is 6.40. The number of nitrogens with zero attached hydrogens (tertiary/aromatic N) is 1. The summed E-state index contributed by atoms with van der Waals surface area (Å²) in [6.45, 7) is 4.10. The molecule has 0 aliphatic carbocycles. The highest BCUT2D eigenvalue weighted by Gasteiger charge is 2.19. The number of amides is 1. The fourth-order valence-corrected chi connectivity index (χ4v) is 4.01. The van der Waals surface area contributed by atoms with Crippen molar-refractivity contribution in [1.82, 2.24) is 5.32 Å². The molecule has 0 radical (unpaired) electrons. The van der Waals surface area contributed by atoms with Crippen molar-refractivity contribution in [2.24, 2.45) is 0 Å². The van der Waals surface area contributed by atoms with Gasteiger partial charge in [0.2, 0.25) is 15.9 Å². The Bertz CT molecular complexity index is 931. The zero-order valence-corrected chi connectivity index (χ0v) is 18.4. The highest BCUT2D eigenvalue weighted by atomic mass is 35.5. The number of benzene rings is 2. The molecular formula is C20H24Cl2N2O3S. The van der Waals surface area contributed by atoms with Gasteiger partial charge in [-0.2, -0.15) is 0 Å². The highest BCUT2D eigenvalue weighted by Crippen LogP contribution is 2.28. The molecule has 1 N–H and O–H groups in total. The number of carbonyl (C=O) groups excluding carboxylic acids is 1. The highest BCUT2D eigenvalue weighted by molar-refractivity contribution is 7.92. The second-order valence-electron chi connectivity index (χ2n) is 6.74. The van der Waals surface area contributed by atoms with Crippen molar-refractivity contribution in [2.45, 2.75) is 32.7 Å². The van der Waals surface area contributed by atoms with Gasteiger partial charge in [0.15, 0.2) is 0 Å². The third-order valence-electron chi connectivity index (χ3n) is 4.31. The molecule has 0 fully saturated rings. The van der Waals surface area contributed by atoms with Crippen LogP contribution < -0.4 is 9.62 Å². The first-order valence-corrected chi connectivity index (χ1v) is 11.5. The van der Waals surface area contributed by atoms with Crippen LogP contribution in [0, 0.1) is 6.92 Å². The lowest BCUT2D eigenvalue weighted by atomic mass is 10.1. The second kappa shape index (κ2) is 9.63. The molecule has 1 amide bonds. The van der Waals surface area contributed by atoms with E-state index in [2.05, 4.69) is 5.32 Å². The smallest absolute Gasteiger partial charge is 0.232 e. The zero-order chi connectivity index (χ0) is 20.9. The van der Waals surface area contributed by atoms with Crippen molar-refractivity contribution in [1.29, 1.82) is 0 Å². The number of carbonyl (C=O) groups is 1. The molecule has 2 aromatic rings. The van der Waals surface area contributed by atoms with Crippen LogP contribution in [0.25, 0.3) is 0 Å². The number of hydrogen-bond acceptors (Lipinski definition) is 3. The molecule has 0 bridgehead atoms. The van der Waals surface area contributed by atoms with Crippen molar-refractivity contribution in [2.75, 3.05) is 17.1 Å². The van der Waals surface area contributed by atoms with Crippen molar-refractivity contribution in [3.63, 3.8) is 0 Å². The molecule has 0 spiro atoms. The number of nitrogens with one attached hydrogen (secondary N) is 1. The van der Waals surface area contributed by atoms with Gasteiger partial charge in [0, 0.05) is 13.0 Å². The molecule has 0 aromatic heterocycles. The number of rotatable bonds is 8. The van der Waals surface area contributed by atoms with Crippen LogP contribution in [-0.2, 0) is 14.8 Å². The predicted molar refractivity (Wildman–Crippen MR) is 116 cm³/mol. The fourth-order valence-electron chi connectivity index (χ4n) is 2.76. The summed E-state index contributed by atoms with van der Waals surface area (Å²) >= 11 is 11.9. The van der Waals surface area contributed by atoms with Gasteiger partial charge in [0.1, 0.15) is 0 Å². The maximum Gasteiger partial charge on any atom is 0.232 e.